The van der Waals surface area contributed by atoms with Gasteiger partial charge in [0.2, 0.25) is 0 Å². The number of hydrogen-bond donors (Lipinski definition) is 1. The number of fused-ring (bicyclic) bond motifs is 1. The highest BCUT2D eigenvalue weighted by Crippen LogP contribution is 2.37. The number of morpholine rings is 1. The van der Waals surface area contributed by atoms with Gasteiger partial charge in [0.15, 0.2) is 0 Å². The molecule has 0 spiro atoms. The van der Waals surface area contributed by atoms with E-state index in [9.17, 15) is 4.79 Å². The summed E-state index contributed by atoms with van der Waals surface area (Å²) in [5.41, 5.74) is 1.99. The Morgan fingerprint density at radius 3 is 2.65 bits per heavy atom. The number of piperazine rings is 1. The number of benzene rings is 1. The van der Waals surface area contributed by atoms with Crippen LogP contribution in [0.3, 0.4) is 0 Å². The molecule has 0 aliphatic carbocycles. The molecule has 9 nitrogen and oxygen atoms in total. The number of rotatable bonds is 5. The molecule has 5 rings (SSSR count). The van der Waals surface area contributed by atoms with Crippen molar-refractivity contribution in [1.82, 2.24) is 20.2 Å². The molecule has 0 saturated carbocycles. The Morgan fingerprint density at radius 1 is 1.09 bits per heavy atom. The number of carbonyl (C=O) groups excluding carboxylic acids is 1. The van der Waals surface area contributed by atoms with E-state index in [2.05, 4.69) is 31.2 Å². The first kappa shape index (κ1) is 22.7. The summed E-state index contributed by atoms with van der Waals surface area (Å²) >= 11 is 1.74. The van der Waals surface area contributed by atoms with Gasteiger partial charge in [-0.2, -0.15) is 0 Å². The quantitative estimate of drug-likeness (QED) is 0.598. The molecule has 2 aromatic heterocycles. The fourth-order valence-corrected chi connectivity index (χ4v) is 5.57. The number of aromatic nitrogens is 2. The molecule has 0 radical (unpaired) electrons. The highest BCUT2D eigenvalue weighted by atomic mass is 32.1. The zero-order valence-electron chi connectivity index (χ0n) is 19.6. The minimum absolute atomic E-state index is 0.0477. The molecule has 2 fully saturated rings. The van der Waals surface area contributed by atoms with Gasteiger partial charge in [0.05, 0.1) is 41.6 Å². The van der Waals surface area contributed by atoms with Gasteiger partial charge in [-0.15, -0.1) is 11.3 Å². The normalized spacial score (nSPS) is 17.6. The van der Waals surface area contributed by atoms with Gasteiger partial charge in [-0.25, -0.2) is 14.8 Å². The Labute approximate surface area is 203 Å². The summed E-state index contributed by atoms with van der Waals surface area (Å²) in [5, 5.41) is 4.33. The van der Waals surface area contributed by atoms with Crippen LogP contribution in [-0.2, 0) is 4.74 Å². The molecule has 2 amide bonds. The number of nitrogens with zero attached hydrogens (tertiary/aromatic N) is 5. The molecular formula is C24H30N6O3S. The van der Waals surface area contributed by atoms with Gasteiger partial charge in [0, 0.05) is 39.3 Å². The minimum atomic E-state index is -0.105. The average molecular weight is 483 g/mol. The van der Waals surface area contributed by atoms with Crippen LogP contribution >= 0.6 is 11.3 Å². The molecule has 10 heteroatoms. The summed E-state index contributed by atoms with van der Waals surface area (Å²) in [6, 6.07) is 9.79. The van der Waals surface area contributed by atoms with E-state index in [0.29, 0.717) is 13.1 Å². The number of hydrogen-bond acceptors (Lipinski definition) is 8. The summed E-state index contributed by atoms with van der Waals surface area (Å²) in [4.78, 5) is 28.5. The van der Waals surface area contributed by atoms with Crippen LogP contribution in [0.2, 0.25) is 0 Å². The van der Waals surface area contributed by atoms with Gasteiger partial charge in [-0.05, 0) is 30.7 Å². The highest BCUT2D eigenvalue weighted by Gasteiger charge is 2.25. The monoisotopic (exact) mass is 482 g/mol. The third-order valence-corrected chi connectivity index (χ3v) is 7.58. The van der Waals surface area contributed by atoms with Gasteiger partial charge in [0.1, 0.15) is 17.9 Å². The summed E-state index contributed by atoms with van der Waals surface area (Å²) in [7, 11) is 1.65. The number of methoxy groups -OCH3 is 1. The largest absolute Gasteiger partial charge is 0.497 e. The lowest BCUT2D eigenvalue weighted by Crippen LogP contribution is -2.52. The first-order valence-electron chi connectivity index (χ1n) is 11.6. The number of urea groups is 1. The molecule has 1 unspecified atom stereocenters. The number of amides is 2. The van der Waals surface area contributed by atoms with Crippen LogP contribution < -0.4 is 19.9 Å². The lowest BCUT2D eigenvalue weighted by atomic mass is 10.1. The van der Waals surface area contributed by atoms with Crippen molar-refractivity contribution in [3.63, 3.8) is 0 Å². The second-order valence-electron chi connectivity index (χ2n) is 8.52. The topological polar surface area (TPSA) is 83.1 Å². The Morgan fingerprint density at radius 2 is 1.88 bits per heavy atom. The highest BCUT2D eigenvalue weighted by molar-refractivity contribution is 7.23. The first-order chi connectivity index (χ1) is 16.6. The molecule has 2 aliphatic rings. The Balaban J connectivity index is 1.22. The van der Waals surface area contributed by atoms with E-state index >= 15 is 0 Å². The summed E-state index contributed by atoms with van der Waals surface area (Å²) in [5.74, 6) is 1.74. The number of anilines is 2. The van der Waals surface area contributed by atoms with E-state index < -0.39 is 0 Å². The van der Waals surface area contributed by atoms with Gasteiger partial charge in [-0.1, -0.05) is 12.1 Å². The molecule has 180 valence electrons. The predicted molar refractivity (Wildman–Crippen MR) is 134 cm³/mol. The molecule has 1 N–H and O–H groups in total. The minimum Gasteiger partial charge on any atom is -0.497 e. The van der Waals surface area contributed by atoms with E-state index in [1.807, 2.05) is 36.1 Å². The standard InChI is InChI=1S/C24H30N6O3S/c1-17(18-4-3-5-19(14-18)32-2)27-24(31)30-8-6-29(7-9-30)23-22-20(25-16-26-23)15-21(34-22)28-10-12-33-13-11-28/h3-5,14-17H,6-13H2,1-2H3,(H,27,31). The molecule has 4 heterocycles. The second kappa shape index (κ2) is 10.0. The number of carbonyl (C=O) groups is 1. The number of thiophene rings is 1. The third kappa shape index (κ3) is 4.74. The fourth-order valence-electron chi connectivity index (χ4n) is 4.39. The average Bonchev–Trinajstić information content (AvgIpc) is 3.34. The first-order valence-corrected chi connectivity index (χ1v) is 12.5. The summed E-state index contributed by atoms with van der Waals surface area (Å²) in [6.45, 7) is 8.06. The second-order valence-corrected chi connectivity index (χ2v) is 9.55. The predicted octanol–water partition coefficient (Wildman–Crippen LogP) is 3.13. The zero-order valence-corrected chi connectivity index (χ0v) is 20.4. The summed E-state index contributed by atoms with van der Waals surface area (Å²) < 4.78 is 11.9. The molecular weight excluding hydrogens is 452 g/mol. The number of ether oxygens (including phenoxy) is 2. The zero-order chi connectivity index (χ0) is 23.5. The van der Waals surface area contributed by atoms with Crippen LogP contribution in [0.25, 0.3) is 10.2 Å². The molecule has 2 aliphatic heterocycles. The molecule has 1 atom stereocenters. The Bertz CT molecular complexity index is 1140. The van der Waals surface area contributed by atoms with Gasteiger partial charge >= 0.3 is 6.03 Å². The van der Waals surface area contributed by atoms with Gasteiger partial charge < -0.3 is 29.5 Å². The van der Waals surface area contributed by atoms with Crippen LogP contribution in [0.15, 0.2) is 36.7 Å². The van der Waals surface area contributed by atoms with E-state index in [1.54, 1.807) is 24.8 Å². The van der Waals surface area contributed by atoms with Gasteiger partial charge in [0.25, 0.3) is 0 Å². The van der Waals surface area contributed by atoms with Gasteiger partial charge in [-0.3, -0.25) is 0 Å². The molecule has 0 bridgehead atoms. The maximum absolute atomic E-state index is 12.9. The maximum Gasteiger partial charge on any atom is 0.317 e. The van der Waals surface area contributed by atoms with Crippen molar-refractivity contribution in [3.05, 3.63) is 42.2 Å². The Hall–Kier alpha value is -3.11. The van der Waals surface area contributed by atoms with Crippen molar-refractivity contribution in [1.29, 1.82) is 0 Å². The van der Waals surface area contributed by atoms with Crippen molar-refractivity contribution < 1.29 is 14.3 Å². The van der Waals surface area contributed by atoms with Crippen molar-refractivity contribution in [2.45, 2.75) is 13.0 Å². The van der Waals surface area contributed by atoms with E-state index in [4.69, 9.17) is 9.47 Å². The van der Waals surface area contributed by atoms with Crippen LogP contribution in [-0.4, -0.2) is 80.5 Å². The van der Waals surface area contributed by atoms with Crippen LogP contribution in [0.4, 0.5) is 15.6 Å². The fraction of sp³-hybridized carbons (Fsp3) is 0.458. The molecule has 2 saturated heterocycles. The van der Waals surface area contributed by atoms with Crippen LogP contribution in [0, 0.1) is 0 Å². The van der Waals surface area contributed by atoms with Crippen LogP contribution in [0.5, 0.6) is 5.75 Å². The molecule has 3 aromatic rings. The number of nitrogens with one attached hydrogen (secondary N) is 1. The van der Waals surface area contributed by atoms with E-state index in [1.165, 1.54) is 5.00 Å². The molecule has 34 heavy (non-hydrogen) atoms. The Kier molecular flexibility index (Phi) is 6.68. The van der Waals surface area contributed by atoms with E-state index in [0.717, 1.165) is 66.7 Å². The third-order valence-electron chi connectivity index (χ3n) is 6.40. The molecule has 1 aromatic carbocycles. The van der Waals surface area contributed by atoms with Crippen molar-refractivity contribution in [2.75, 3.05) is 69.4 Å². The summed E-state index contributed by atoms with van der Waals surface area (Å²) in [6.07, 6.45) is 1.64. The maximum atomic E-state index is 12.9. The smallest absolute Gasteiger partial charge is 0.317 e. The lowest BCUT2D eigenvalue weighted by Gasteiger charge is -2.36. The lowest BCUT2D eigenvalue weighted by molar-refractivity contribution is 0.123. The van der Waals surface area contributed by atoms with Crippen LogP contribution in [0.1, 0.15) is 18.5 Å². The van der Waals surface area contributed by atoms with Crippen molar-refractivity contribution in [3.8, 4) is 5.75 Å². The van der Waals surface area contributed by atoms with Crippen molar-refractivity contribution in [2.24, 2.45) is 0 Å². The van der Waals surface area contributed by atoms with Crippen molar-refractivity contribution >= 4 is 38.4 Å². The SMILES string of the molecule is COc1cccc(C(C)NC(=O)N2CCN(c3ncnc4cc(N5CCOCC5)sc34)CC2)c1. The van der Waals surface area contributed by atoms with E-state index in [-0.39, 0.29) is 12.1 Å².